The van der Waals surface area contributed by atoms with Crippen LogP contribution >= 0.6 is 0 Å². The van der Waals surface area contributed by atoms with Crippen LogP contribution in [0.3, 0.4) is 0 Å². The van der Waals surface area contributed by atoms with Crippen LogP contribution in [0.1, 0.15) is 25.5 Å². The Bertz CT molecular complexity index is 387. The molecule has 1 unspecified atom stereocenters. The molecule has 0 fully saturated rings. The Kier molecular flexibility index (Phi) is 4.57. The second-order valence-corrected chi connectivity index (χ2v) is 3.98. The number of rotatable bonds is 4. The zero-order chi connectivity index (χ0) is 13.0. The monoisotopic (exact) mass is 243 g/mol. The summed E-state index contributed by atoms with van der Waals surface area (Å²) in [5.74, 6) is -2.03. The van der Waals surface area contributed by atoms with Gasteiger partial charge in [-0.1, -0.05) is 0 Å². The molecule has 1 N–H and O–H groups in total. The summed E-state index contributed by atoms with van der Waals surface area (Å²) in [4.78, 5) is 11.5. The Morgan fingerprint density at radius 2 is 1.76 bits per heavy atom. The van der Waals surface area contributed by atoms with E-state index in [0.29, 0.717) is 0 Å². The minimum absolute atomic E-state index is 0.0228. The number of carbonyl (C=O) groups is 1. The molecule has 94 valence electrons. The number of nitrogens with one attached hydrogen (secondary N) is 1. The Morgan fingerprint density at radius 3 is 2.18 bits per heavy atom. The smallest absolute Gasteiger partial charge is 0.327 e. The number of hydrogen-bond acceptors (Lipinski definition) is 3. The van der Waals surface area contributed by atoms with E-state index in [-0.39, 0.29) is 11.6 Å². The zero-order valence-electron chi connectivity index (χ0n) is 9.96. The molecule has 0 amide bonds. The predicted octanol–water partition coefficient (Wildman–Crippen LogP) is 2.18. The van der Waals surface area contributed by atoms with Crippen LogP contribution in [0.2, 0.25) is 0 Å². The molecular formula is C12H15F2NO2. The summed E-state index contributed by atoms with van der Waals surface area (Å²) < 4.78 is 30.7. The summed E-state index contributed by atoms with van der Waals surface area (Å²) in [5, 5.41) is 2.89. The van der Waals surface area contributed by atoms with E-state index in [0.717, 1.165) is 18.2 Å². The van der Waals surface area contributed by atoms with Gasteiger partial charge in [0.15, 0.2) is 0 Å². The Labute approximate surface area is 98.8 Å². The van der Waals surface area contributed by atoms with Crippen molar-refractivity contribution in [2.24, 2.45) is 0 Å². The third-order valence-electron chi connectivity index (χ3n) is 2.16. The van der Waals surface area contributed by atoms with E-state index >= 15 is 0 Å². The lowest BCUT2D eigenvalue weighted by molar-refractivity contribution is -0.143. The van der Waals surface area contributed by atoms with Crippen LogP contribution in [0.4, 0.5) is 8.78 Å². The van der Waals surface area contributed by atoms with Gasteiger partial charge < -0.3 is 4.74 Å². The quantitative estimate of drug-likeness (QED) is 0.824. The van der Waals surface area contributed by atoms with Crippen molar-refractivity contribution < 1.29 is 18.3 Å². The average Bonchev–Trinajstić information content (AvgIpc) is 2.23. The molecule has 0 aliphatic rings. The van der Waals surface area contributed by atoms with Gasteiger partial charge in [-0.25, -0.2) is 13.6 Å². The molecule has 17 heavy (non-hydrogen) atoms. The average molecular weight is 243 g/mol. The van der Waals surface area contributed by atoms with Crippen LogP contribution in [0.5, 0.6) is 0 Å². The number of halogens is 2. The second kappa shape index (κ2) is 5.72. The minimum atomic E-state index is -0.870. The third-order valence-corrected chi connectivity index (χ3v) is 2.16. The van der Waals surface area contributed by atoms with Crippen molar-refractivity contribution in [2.75, 3.05) is 7.11 Å². The van der Waals surface area contributed by atoms with Crippen LogP contribution in [0.25, 0.3) is 0 Å². The van der Waals surface area contributed by atoms with Gasteiger partial charge in [0.05, 0.1) is 7.11 Å². The van der Waals surface area contributed by atoms with Crippen LogP contribution < -0.4 is 5.32 Å². The molecule has 1 atom stereocenters. The molecule has 0 aromatic heterocycles. The SMILES string of the molecule is COC(=O)C(NC(C)C)c1cc(F)cc(F)c1. The molecule has 1 aromatic carbocycles. The van der Waals surface area contributed by atoms with Crippen molar-refractivity contribution in [3.63, 3.8) is 0 Å². The Hall–Kier alpha value is -1.49. The van der Waals surface area contributed by atoms with Crippen LogP contribution in [-0.2, 0) is 9.53 Å². The first kappa shape index (κ1) is 13.6. The lowest BCUT2D eigenvalue weighted by atomic mass is 10.1. The maximum absolute atomic E-state index is 13.1. The highest BCUT2D eigenvalue weighted by atomic mass is 19.1. The van der Waals surface area contributed by atoms with Gasteiger partial charge in [-0.05, 0) is 31.5 Å². The number of ether oxygens (including phenoxy) is 1. The van der Waals surface area contributed by atoms with Crippen LogP contribution in [0.15, 0.2) is 18.2 Å². The van der Waals surface area contributed by atoms with Crippen molar-refractivity contribution in [3.05, 3.63) is 35.4 Å². The Balaban J connectivity index is 3.07. The van der Waals surface area contributed by atoms with E-state index in [9.17, 15) is 13.6 Å². The number of esters is 1. The van der Waals surface area contributed by atoms with Gasteiger partial charge in [0.25, 0.3) is 0 Å². The molecule has 5 heteroatoms. The van der Waals surface area contributed by atoms with Crippen molar-refractivity contribution in [1.29, 1.82) is 0 Å². The fraction of sp³-hybridized carbons (Fsp3) is 0.417. The first-order valence-electron chi connectivity index (χ1n) is 5.24. The van der Waals surface area contributed by atoms with Gasteiger partial charge >= 0.3 is 5.97 Å². The fourth-order valence-corrected chi connectivity index (χ4v) is 1.49. The molecule has 1 aromatic rings. The molecule has 0 saturated heterocycles. The zero-order valence-corrected chi connectivity index (χ0v) is 9.96. The summed E-state index contributed by atoms with van der Waals surface area (Å²) in [5.41, 5.74) is 0.211. The van der Waals surface area contributed by atoms with Crippen molar-refractivity contribution in [3.8, 4) is 0 Å². The highest BCUT2D eigenvalue weighted by Crippen LogP contribution is 2.18. The summed E-state index contributed by atoms with van der Waals surface area (Å²) in [7, 11) is 1.23. The van der Waals surface area contributed by atoms with Gasteiger partial charge in [-0.2, -0.15) is 0 Å². The molecule has 0 aliphatic carbocycles. The summed E-state index contributed by atoms with van der Waals surface area (Å²) >= 11 is 0. The van der Waals surface area contributed by atoms with Gasteiger partial charge in [0.2, 0.25) is 0 Å². The Morgan fingerprint density at radius 1 is 1.24 bits per heavy atom. The molecule has 0 radical (unpaired) electrons. The largest absolute Gasteiger partial charge is 0.468 e. The first-order valence-corrected chi connectivity index (χ1v) is 5.24. The number of methoxy groups -OCH3 is 1. The summed E-state index contributed by atoms with van der Waals surface area (Å²) in [6.07, 6.45) is 0. The van der Waals surface area contributed by atoms with E-state index in [1.165, 1.54) is 7.11 Å². The van der Waals surface area contributed by atoms with Gasteiger partial charge in [0, 0.05) is 12.1 Å². The predicted molar refractivity (Wildman–Crippen MR) is 59.4 cm³/mol. The minimum Gasteiger partial charge on any atom is -0.468 e. The van der Waals surface area contributed by atoms with E-state index < -0.39 is 23.6 Å². The lowest BCUT2D eigenvalue weighted by Gasteiger charge is -2.19. The molecule has 0 saturated carbocycles. The number of hydrogen-bond donors (Lipinski definition) is 1. The first-order chi connectivity index (χ1) is 7.93. The normalized spacial score (nSPS) is 12.6. The van der Waals surface area contributed by atoms with E-state index in [1.807, 2.05) is 13.8 Å². The molecule has 0 spiro atoms. The topological polar surface area (TPSA) is 38.3 Å². The highest BCUT2D eigenvalue weighted by molar-refractivity contribution is 5.77. The molecular weight excluding hydrogens is 228 g/mol. The van der Waals surface area contributed by atoms with Crippen LogP contribution in [0, 0.1) is 11.6 Å². The summed E-state index contributed by atoms with van der Waals surface area (Å²) in [6.45, 7) is 3.65. The molecule has 0 bridgehead atoms. The standard InChI is InChI=1S/C12H15F2NO2/c1-7(2)15-11(12(16)17-3)8-4-9(13)6-10(14)5-8/h4-7,11,15H,1-3H3. The van der Waals surface area contributed by atoms with Crippen molar-refractivity contribution in [1.82, 2.24) is 5.32 Å². The lowest BCUT2D eigenvalue weighted by Crippen LogP contribution is -2.34. The summed E-state index contributed by atoms with van der Waals surface area (Å²) in [6, 6.07) is 2.09. The number of benzene rings is 1. The van der Waals surface area contributed by atoms with Crippen molar-refractivity contribution >= 4 is 5.97 Å². The van der Waals surface area contributed by atoms with Gasteiger partial charge in [-0.15, -0.1) is 0 Å². The molecule has 1 rings (SSSR count). The second-order valence-electron chi connectivity index (χ2n) is 3.98. The molecule has 3 nitrogen and oxygen atoms in total. The number of carbonyl (C=O) groups excluding carboxylic acids is 1. The van der Waals surface area contributed by atoms with Gasteiger partial charge in [-0.3, -0.25) is 5.32 Å². The highest BCUT2D eigenvalue weighted by Gasteiger charge is 2.23. The van der Waals surface area contributed by atoms with Crippen molar-refractivity contribution in [2.45, 2.75) is 25.9 Å². The molecule has 0 heterocycles. The third kappa shape index (κ3) is 3.78. The fourth-order valence-electron chi connectivity index (χ4n) is 1.49. The van der Waals surface area contributed by atoms with E-state index in [4.69, 9.17) is 0 Å². The van der Waals surface area contributed by atoms with Gasteiger partial charge in [0.1, 0.15) is 17.7 Å². The maximum Gasteiger partial charge on any atom is 0.327 e. The van der Waals surface area contributed by atoms with E-state index in [1.54, 1.807) is 0 Å². The molecule has 0 aliphatic heterocycles. The maximum atomic E-state index is 13.1. The van der Waals surface area contributed by atoms with Crippen LogP contribution in [-0.4, -0.2) is 19.1 Å². The van der Waals surface area contributed by atoms with E-state index in [2.05, 4.69) is 10.1 Å².